The van der Waals surface area contributed by atoms with Crippen LogP contribution < -0.4 is 4.90 Å². The van der Waals surface area contributed by atoms with E-state index in [2.05, 4.69) is 25.9 Å². The Labute approximate surface area is 153 Å². The molecule has 0 N–H and O–H groups in total. The minimum Gasteiger partial charge on any atom is -0.288 e. The van der Waals surface area contributed by atoms with Gasteiger partial charge in [-0.25, -0.2) is 9.97 Å². The molecule has 2 heterocycles. The molecule has 1 aromatic heterocycles. The van der Waals surface area contributed by atoms with E-state index in [0.717, 1.165) is 15.7 Å². The molecular weight excluding hydrogens is 390 g/mol. The van der Waals surface area contributed by atoms with Gasteiger partial charge in [-0.3, -0.25) is 14.5 Å². The highest BCUT2D eigenvalue weighted by molar-refractivity contribution is 9.10. The maximum Gasteiger partial charge on any atom is 0.232 e. The second-order valence-electron chi connectivity index (χ2n) is 5.63. The number of hydrogen-bond acceptors (Lipinski definition) is 5. The first-order valence-corrected chi connectivity index (χ1v) is 9.33. The summed E-state index contributed by atoms with van der Waals surface area (Å²) in [6.45, 7) is 2.10. The summed E-state index contributed by atoms with van der Waals surface area (Å²) in [6, 6.07) is 9.67. The van der Waals surface area contributed by atoms with Crippen LogP contribution in [0.2, 0.25) is 0 Å². The van der Waals surface area contributed by atoms with Gasteiger partial charge in [-0.1, -0.05) is 39.8 Å². The molecule has 1 aromatic carbocycles. The normalized spacial score (nSPS) is 17.3. The molecule has 7 heteroatoms. The SMILES string of the molecule is CC(=O)SCC1CC(=O)N(c2nccc(-c3ccc(Br)cc3)n2)C1. The molecule has 1 aliphatic rings. The Hall–Kier alpha value is -1.73. The number of carbonyl (C=O) groups is 2. The molecule has 0 radical (unpaired) electrons. The summed E-state index contributed by atoms with van der Waals surface area (Å²) in [6.07, 6.45) is 2.11. The number of halogens is 1. The average molecular weight is 406 g/mol. The molecule has 1 aliphatic heterocycles. The molecule has 1 atom stereocenters. The third-order valence-electron chi connectivity index (χ3n) is 3.75. The lowest BCUT2D eigenvalue weighted by Gasteiger charge is -2.15. The fourth-order valence-electron chi connectivity index (χ4n) is 2.58. The first-order chi connectivity index (χ1) is 11.5. The van der Waals surface area contributed by atoms with Gasteiger partial charge in [0.05, 0.1) is 5.69 Å². The van der Waals surface area contributed by atoms with Gasteiger partial charge in [0.15, 0.2) is 5.12 Å². The van der Waals surface area contributed by atoms with Crippen molar-refractivity contribution in [3.8, 4) is 11.3 Å². The van der Waals surface area contributed by atoms with Gasteiger partial charge in [-0.05, 0) is 24.1 Å². The third kappa shape index (κ3) is 4.02. The molecule has 0 saturated carbocycles. The highest BCUT2D eigenvalue weighted by Gasteiger charge is 2.32. The Balaban J connectivity index is 1.77. The zero-order chi connectivity index (χ0) is 17.1. The van der Waals surface area contributed by atoms with E-state index in [4.69, 9.17) is 0 Å². The summed E-state index contributed by atoms with van der Waals surface area (Å²) in [7, 11) is 0. The molecule has 0 bridgehead atoms. The van der Waals surface area contributed by atoms with Crippen LogP contribution in [0.25, 0.3) is 11.3 Å². The summed E-state index contributed by atoms with van der Waals surface area (Å²) in [5.41, 5.74) is 1.75. The van der Waals surface area contributed by atoms with E-state index < -0.39 is 0 Å². The second-order valence-corrected chi connectivity index (χ2v) is 7.74. The van der Waals surface area contributed by atoms with Crippen molar-refractivity contribution in [1.82, 2.24) is 9.97 Å². The van der Waals surface area contributed by atoms with Gasteiger partial charge in [0.2, 0.25) is 11.9 Å². The summed E-state index contributed by atoms with van der Waals surface area (Å²) < 4.78 is 1.00. The maximum absolute atomic E-state index is 12.3. The van der Waals surface area contributed by atoms with Crippen LogP contribution in [0.15, 0.2) is 41.0 Å². The van der Waals surface area contributed by atoms with Crippen molar-refractivity contribution in [2.45, 2.75) is 13.3 Å². The number of benzene rings is 1. The van der Waals surface area contributed by atoms with Crippen LogP contribution in [0.1, 0.15) is 13.3 Å². The summed E-state index contributed by atoms with van der Waals surface area (Å²) in [5, 5.41) is 0.0781. The van der Waals surface area contributed by atoms with Crippen molar-refractivity contribution in [3.05, 3.63) is 41.0 Å². The van der Waals surface area contributed by atoms with Crippen molar-refractivity contribution in [3.63, 3.8) is 0 Å². The van der Waals surface area contributed by atoms with E-state index in [1.807, 2.05) is 30.3 Å². The Bertz CT molecular complexity index is 767. The Morgan fingerprint density at radius 2 is 2.08 bits per heavy atom. The van der Waals surface area contributed by atoms with E-state index in [9.17, 15) is 9.59 Å². The molecule has 1 amide bonds. The van der Waals surface area contributed by atoms with Gasteiger partial charge in [-0.15, -0.1) is 0 Å². The molecule has 24 heavy (non-hydrogen) atoms. The van der Waals surface area contributed by atoms with Gasteiger partial charge in [-0.2, -0.15) is 0 Å². The lowest BCUT2D eigenvalue weighted by Crippen LogP contribution is -2.26. The fraction of sp³-hybridized carbons (Fsp3) is 0.294. The van der Waals surface area contributed by atoms with Gasteiger partial charge in [0, 0.05) is 41.9 Å². The highest BCUT2D eigenvalue weighted by atomic mass is 79.9. The van der Waals surface area contributed by atoms with Crippen molar-refractivity contribution in [2.24, 2.45) is 5.92 Å². The topological polar surface area (TPSA) is 63.2 Å². The van der Waals surface area contributed by atoms with Crippen LogP contribution in [-0.2, 0) is 9.59 Å². The molecule has 0 aliphatic carbocycles. The first kappa shape index (κ1) is 17.1. The smallest absolute Gasteiger partial charge is 0.232 e. The second kappa shape index (κ2) is 7.44. The molecule has 5 nitrogen and oxygen atoms in total. The quantitative estimate of drug-likeness (QED) is 0.777. The summed E-state index contributed by atoms with van der Waals surface area (Å²) in [5.74, 6) is 1.25. The number of nitrogens with zero attached hydrogens (tertiary/aromatic N) is 3. The van der Waals surface area contributed by atoms with Crippen molar-refractivity contribution in [1.29, 1.82) is 0 Å². The van der Waals surface area contributed by atoms with Crippen molar-refractivity contribution >= 4 is 44.7 Å². The molecular formula is C17H16BrN3O2S. The van der Waals surface area contributed by atoms with Crippen LogP contribution in [0, 0.1) is 5.92 Å². The van der Waals surface area contributed by atoms with Gasteiger partial charge < -0.3 is 0 Å². The standard InChI is InChI=1S/C17H16BrN3O2S/c1-11(22)24-10-12-8-16(23)21(9-12)17-19-7-6-15(20-17)13-2-4-14(18)5-3-13/h2-7,12H,8-10H2,1H3. The minimum atomic E-state index is 0.0112. The zero-order valence-corrected chi connectivity index (χ0v) is 15.5. The molecule has 2 aromatic rings. The Morgan fingerprint density at radius 3 is 2.79 bits per heavy atom. The number of rotatable bonds is 4. The van der Waals surface area contributed by atoms with E-state index in [1.165, 1.54) is 11.8 Å². The number of anilines is 1. The minimum absolute atomic E-state index is 0.0112. The largest absolute Gasteiger partial charge is 0.288 e. The predicted molar refractivity (Wildman–Crippen MR) is 98.8 cm³/mol. The van der Waals surface area contributed by atoms with Crippen LogP contribution >= 0.6 is 27.7 Å². The third-order valence-corrected chi connectivity index (χ3v) is 5.32. The molecule has 3 rings (SSSR count). The molecule has 124 valence electrons. The van der Waals surface area contributed by atoms with E-state index >= 15 is 0 Å². The van der Waals surface area contributed by atoms with Crippen LogP contribution in [0.5, 0.6) is 0 Å². The van der Waals surface area contributed by atoms with Crippen LogP contribution in [0.4, 0.5) is 5.95 Å². The van der Waals surface area contributed by atoms with Gasteiger partial charge in [0.25, 0.3) is 0 Å². The van der Waals surface area contributed by atoms with Gasteiger partial charge >= 0.3 is 0 Å². The highest BCUT2D eigenvalue weighted by Crippen LogP contribution is 2.27. The van der Waals surface area contributed by atoms with Crippen molar-refractivity contribution < 1.29 is 9.59 Å². The molecule has 0 spiro atoms. The Morgan fingerprint density at radius 1 is 1.33 bits per heavy atom. The molecule has 1 unspecified atom stereocenters. The van der Waals surface area contributed by atoms with E-state index in [1.54, 1.807) is 18.0 Å². The number of carbonyl (C=O) groups excluding carboxylic acids is 2. The lowest BCUT2D eigenvalue weighted by molar-refractivity contribution is -0.117. The number of amides is 1. The maximum atomic E-state index is 12.3. The summed E-state index contributed by atoms with van der Waals surface area (Å²) in [4.78, 5) is 33.8. The average Bonchev–Trinajstić information content (AvgIpc) is 2.95. The zero-order valence-electron chi connectivity index (χ0n) is 13.1. The fourth-order valence-corrected chi connectivity index (χ4v) is 3.54. The molecule has 1 saturated heterocycles. The van der Waals surface area contributed by atoms with E-state index in [-0.39, 0.29) is 16.9 Å². The lowest BCUT2D eigenvalue weighted by atomic mass is 10.1. The van der Waals surface area contributed by atoms with Crippen LogP contribution in [0.3, 0.4) is 0 Å². The van der Waals surface area contributed by atoms with Gasteiger partial charge in [0.1, 0.15) is 0 Å². The summed E-state index contributed by atoms with van der Waals surface area (Å²) >= 11 is 4.68. The number of thioether (sulfide) groups is 1. The first-order valence-electron chi connectivity index (χ1n) is 7.55. The monoisotopic (exact) mass is 405 g/mol. The van der Waals surface area contributed by atoms with E-state index in [0.29, 0.717) is 24.7 Å². The Kier molecular flexibility index (Phi) is 5.30. The predicted octanol–water partition coefficient (Wildman–Crippen LogP) is 3.54. The number of aromatic nitrogens is 2. The van der Waals surface area contributed by atoms with Crippen molar-refractivity contribution in [2.75, 3.05) is 17.2 Å². The number of hydrogen-bond donors (Lipinski definition) is 0. The molecule has 1 fully saturated rings. The van der Waals surface area contributed by atoms with Crippen LogP contribution in [-0.4, -0.2) is 33.3 Å².